The van der Waals surface area contributed by atoms with E-state index in [1.807, 2.05) is 11.8 Å². The molecule has 1 heteroatoms. The fraction of sp³-hybridized carbons (Fsp3) is 0.0435. The van der Waals surface area contributed by atoms with Gasteiger partial charge in [-0.15, -0.1) is 11.8 Å². The van der Waals surface area contributed by atoms with E-state index in [0.717, 1.165) is 0 Å². The van der Waals surface area contributed by atoms with E-state index in [4.69, 9.17) is 0 Å². The van der Waals surface area contributed by atoms with Crippen molar-refractivity contribution in [3.8, 4) is 0 Å². The third-order valence-electron chi connectivity index (χ3n) is 4.20. The van der Waals surface area contributed by atoms with Gasteiger partial charge in [-0.3, -0.25) is 0 Å². The minimum atomic E-state index is 0.290. The van der Waals surface area contributed by atoms with Gasteiger partial charge in [0.1, 0.15) is 0 Å². The van der Waals surface area contributed by atoms with Crippen LogP contribution in [0.15, 0.2) is 108 Å². The van der Waals surface area contributed by atoms with Crippen molar-refractivity contribution >= 4 is 22.5 Å². The fourth-order valence-corrected chi connectivity index (χ4v) is 4.32. The molecule has 0 atom stereocenters. The van der Waals surface area contributed by atoms with Crippen LogP contribution in [0, 0.1) is 0 Å². The third kappa shape index (κ3) is 3.08. The molecule has 0 saturated heterocycles. The zero-order chi connectivity index (χ0) is 16.2. The summed E-state index contributed by atoms with van der Waals surface area (Å²) in [6.07, 6.45) is 0. The first-order chi connectivity index (χ1) is 11.9. The molecule has 0 bridgehead atoms. The lowest BCUT2D eigenvalue weighted by molar-refractivity contribution is 1.15. The molecule has 0 radical (unpaired) electrons. The third-order valence-corrected chi connectivity index (χ3v) is 5.59. The van der Waals surface area contributed by atoms with E-state index in [9.17, 15) is 0 Å². The molecule has 0 N–H and O–H groups in total. The number of hydrogen-bond acceptors (Lipinski definition) is 1. The van der Waals surface area contributed by atoms with E-state index in [-0.39, 0.29) is 0 Å². The Morgan fingerprint density at radius 2 is 1.04 bits per heavy atom. The molecule has 0 aliphatic carbocycles. The van der Waals surface area contributed by atoms with Crippen molar-refractivity contribution in [2.75, 3.05) is 0 Å². The molecule has 4 aromatic rings. The Morgan fingerprint density at radius 3 is 1.71 bits per heavy atom. The summed E-state index contributed by atoms with van der Waals surface area (Å²) in [5.74, 6) is 0. The summed E-state index contributed by atoms with van der Waals surface area (Å²) >= 11 is 1.92. The van der Waals surface area contributed by atoms with Gasteiger partial charge in [0.05, 0.1) is 5.25 Å². The Hall–Kier alpha value is -2.51. The van der Waals surface area contributed by atoms with E-state index in [1.54, 1.807) is 0 Å². The summed E-state index contributed by atoms with van der Waals surface area (Å²) in [5.41, 5.74) is 2.67. The predicted molar refractivity (Wildman–Crippen MR) is 105 cm³/mol. The van der Waals surface area contributed by atoms with Crippen molar-refractivity contribution in [3.63, 3.8) is 0 Å². The molecule has 0 heterocycles. The molecule has 24 heavy (non-hydrogen) atoms. The molecule has 0 unspecified atom stereocenters. The molecule has 0 spiro atoms. The van der Waals surface area contributed by atoms with E-state index in [2.05, 4.69) is 103 Å². The number of thioether (sulfide) groups is 1. The highest BCUT2D eigenvalue weighted by Gasteiger charge is 2.16. The van der Waals surface area contributed by atoms with Crippen molar-refractivity contribution < 1.29 is 0 Å². The summed E-state index contributed by atoms with van der Waals surface area (Å²) in [6.45, 7) is 0. The van der Waals surface area contributed by atoms with Gasteiger partial charge in [-0.2, -0.15) is 0 Å². The van der Waals surface area contributed by atoms with Crippen LogP contribution in [0.1, 0.15) is 16.4 Å². The summed E-state index contributed by atoms with van der Waals surface area (Å²) in [5, 5.41) is 2.91. The zero-order valence-electron chi connectivity index (χ0n) is 13.3. The largest absolute Gasteiger partial charge is 0.112 e. The Balaban J connectivity index is 1.80. The maximum absolute atomic E-state index is 2.23. The van der Waals surface area contributed by atoms with Crippen molar-refractivity contribution in [2.24, 2.45) is 0 Å². The molecule has 4 aromatic carbocycles. The van der Waals surface area contributed by atoms with Crippen molar-refractivity contribution in [1.29, 1.82) is 0 Å². The Labute approximate surface area is 147 Å². The smallest absolute Gasteiger partial charge is 0.0594 e. The SMILES string of the molecule is c1ccc(C(Sc2cccc3ccccc23)c2ccccc2)cc1. The number of fused-ring (bicyclic) bond motifs is 1. The van der Waals surface area contributed by atoms with Crippen LogP contribution >= 0.6 is 11.8 Å². The van der Waals surface area contributed by atoms with Crippen LogP contribution in [0.3, 0.4) is 0 Å². The average molecular weight is 326 g/mol. The molecular formula is C23H18S. The Bertz CT molecular complexity index is 885. The van der Waals surface area contributed by atoms with Gasteiger partial charge in [0.2, 0.25) is 0 Å². The van der Waals surface area contributed by atoms with Gasteiger partial charge in [0.25, 0.3) is 0 Å². The summed E-state index contributed by atoms with van der Waals surface area (Å²) in [7, 11) is 0. The minimum absolute atomic E-state index is 0.290. The zero-order valence-corrected chi connectivity index (χ0v) is 14.1. The lowest BCUT2D eigenvalue weighted by atomic mass is 10.0. The number of hydrogen-bond donors (Lipinski definition) is 0. The highest BCUT2D eigenvalue weighted by atomic mass is 32.2. The first kappa shape index (κ1) is 15.0. The molecule has 0 fully saturated rings. The normalized spacial score (nSPS) is 11.0. The van der Waals surface area contributed by atoms with Gasteiger partial charge in [-0.25, -0.2) is 0 Å². The van der Waals surface area contributed by atoms with E-state index in [0.29, 0.717) is 5.25 Å². The molecule has 0 aliphatic rings. The van der Waals surface area contributed by atoms with Crippen LogP contribution in [0.2, 0.25) is 0 Å². The monoisotopic (exact) mass is 326 g/mol. The van der Waals surface area contributed by atoms with Crippen molar-refractivity contribution in [3.05, 3.63) is 114 Å². The van der Waals surface area contributed by atoms with Gasteiger partial charge in [-0.05, 0) is 28.0 Å². The highest BCUT2D eigenvalue weighted by molar-refractivity contribution is 8.00. The lowest BCUT2D eigenvalue weighted by Crippen LogP contribution is -1.96. The van der Waals surface area contributed by atoms with Gasteiger partial charge >= 0.3 is 0 Å². The van der Waals surface area contributed by atoms with E-state index < -0.39 is 0 Å². The molecule has 0 aromatic heterocycles. The Kier molecular flexibility index (Phi) is 4.35. The van der Waals surface area contributed by atoms with Gasteiger partial charge in [0.15, 0.2) is 0 Å². The molecule has 116 valence electrons. The van der Waals surface area contributed by atoms with Crippen LogP contribution < -0.4 is 0 Å². The summed E-state index contributed by atoms with van der Waals surface area (Å²) in [6, 6.07) is 36.7. The van der Waals surface area contributed by atoms with Gasteiger partial charge in [-0.1, -0.05) is 97.1 Å². The minimum Gasteiger partial charge on any atom is -0.112 e. The number of rotatable bonds is 4. The molecule has 0 saturated carbocycles. The standard InChI is InChI=1S/C23H18S/c1-3-11-19(12-4-1)23(20-13-5-2-6-14-20)24-22-17-9-15-18-10-7-8-16-21(18)22/h1-17,23H. The second-order valence-electron chi connectivity index (χ2n) is 5.80. The molecule has 0 aliphatic heterocycles. The first-order valence-electron chi connectivity index (χ1n) is 8.16. The number of benzene rings is 4. The van der Waals surface area contributed by atoms with Crippen LogP contribution in [0.25, 0.3) is 10.8 Å². The average Bonchev–Trinajstić information content (AvgIpc) is 2.67. The highest BCUT2D eigenvalue weighted by Crippen LogP contribution is 2.42. The quantitative estimate of drug-likeness (QED) is 0.375. The first-order valence-corrected chi connectivity index (χ1v) is 9.04. The topological polar surface area (TPSA) is 0 Å². The maximum atomic E-state index is 2.23. The van der Waals surface area contributed by atoms with Crippen LogP contribution in [-0.4, -0.2) is 0 Å². The fourth-order valence-electron chi connectivity index (χ4n) is 3.01. The van der Waals surface area contributed by atoms with Gasteiger partial charge < -0.3 is 0 Å². The molecule has 0 nitrogen and oxygen atoms in total. The molecule has 4 rings (SSSR count). The van der Waals surface area contributed by atoms with Gasteiger partial charge in [0, 0.05) is 4.90 Å². The molecular weight excluding hydrogens is 308 g/mol. The predicted octanol–water partition coefficient (Wildman–Crippen LogP) is 6.72. The van der Waals surface area contributed by atoms with Crippen LogP contribution in [0.4, 0.5) is 0 Å². The summed E-state index contributed by atoms with van der Waals surface area (Å²) in [4.78, 5) is 1.32. The maximum Gasteiger partial charge on any atom is 0.0594 e. The Morgan fingerprint density at radius 1 is 0.500 bits per heavy atom. The molecule has 0 amide bonds. The van der Waals surface area contributed by atoms with Crippen LogP contribution in [-0.2, 0) is 0 Å². The second-order valence-corrected chi connectivity index (χ2v) is 6.94. The lowest BCUT2D eigenvalue weighted by Gasteiger charge is -2.19. The van der Waals surface area contributed by atoms with E-state index in [1.165, 1.54) is 26.8 Å². The van der Waals surface area contributed by atoms with Crippen molar-refractivity contribution in [1.82, 2.24) is 0 Å². The van der Waals surface area contributed by atoms with E-state index >= 15 is 0 Å². The van der Waals surface area contributed by atoms with Crippen molar-refractivity contribution in [2.45, 2.75) is 10.1 Å². The summed E-state index contributed by atoms with van der Waals surface area (Å²) < 4.78 is 0. The second kappa shape index (κ2) is 6.94. The van der Waals surface area contributed by atoms with Crippen LogP contribution in [0.5, 0.6) is 0 Å².